The van der Waals surface area contributed by atoms with Crippen molar-refractivity contribution < 1.29 is 0 Å². The molecule has 0 amide bonds. The second-order valence-corrected chi connectivity index (χ2v) is 3.85. The summed E-state index contributed by atoms with van der Waals surface area (Å²) in [5.74, 6) is 0. The summed E-state index contributed by atoms with van der Waals surface area (Å²) in [7, 11) is 0. The van der Waals surface area contributed by atoms with Crippen LogP contribution in [0.1, 0.15) is 18.1 Å². The van der Waals surface area contributed by atoms with Gasteiger partial charge in [-0.15, -0.1) is 0 Å². The van der Waals surface area contributed by atoms with Crippen LogP contribution >= 0.6 is 0 Å². The third-order valence-electron chi connectivity index (χ3n) is 2.83. The summed E-state index contributed by atoms with van der Waals surface area (Å²) >= 11 is 0. The normalized spacial score (nSPS) is 10.1. The van der Waals surface area contributed by atoms with E-state index >= 15 is 0 Å². The fraction of sp³-hybridized carbons (Fsp3) is 0.125. The van der Waals surface area contributed by atoms with Gasteiger partial charge in [-0.05, 0) is 28.7 Å². The lowest BCUT2D eigenvalue weighted by atomic mass is 9.98. The van der Waals surface area contributed by atoms with Crippen molar-refractivity contribution >= 4 is 6.08 Å². The maximum atomic E-state index is 3.86. The quantitative estimate of drug-likeness (QED) is 0.693. The van der Waals surface area contributed by atoms with Crippen LogP contribution in [0.5, 0.6) is 0 Å². The van der Waals surface area contributed by atoms with Gasteiger partial charge in [0.15, 0.2) is 0 Å². The van der Waals surface area contributed by atoms with Crippen LogP contribution in [0.25, 0.3) is 17.2 Å². The first kappa shape index (κ1) is 10.7. The van der Waals surface area contributed by atoms with Gasteiger partial charge in [-0.3, -0.25) is 0 Å². The fourth-order valence-corrected chi connectivity index (χ4v) is 1.90. The molecule has 0 aromatic heterocycles. The lowest BCUT2D eigenvalue weighted by Gasteiger charge is -2.07. The van der Waals surface area contributed by atoms with E-state index in [9.17, 15) is 0 Å². The molecule has 80 valence electrons. The number of benzene rings is 2. The van der Waals surface area contributed by atoms with Crippen molar-refractivity contribution in [3.05, 3.63) is 66.2 Å². The van der Waals surface area contributed by atoms with Crippen molar-refractivity contribution in [3.63, 3.8) is 0 Å². The third-order valence-corrected chi connectivity index (χ3v) is 2.83. The Morgan fingerprint density at radius 2 is 1.88 bits per heavy atom. The minimum atomic E-state index is 1.07. The van der Waals surface area contributed by atoms with Crippen LogP contribution in [0.4, 0.5) is 0 Å². The summed E-state index contributed by atoms with van der Waals surface area (Å²) < 4.78 is 0. The molecule has 0 heteroatoms. The molecule has 0 saturated heterocycles. The SMILES string of the molecule is C=Cc1ccccc1-c1cccc(CC)c1. The zero-order chi connectivity index (χ0) is 11.4. The first-order valence-corrected chi connectivity index (χ1v) is 5.66. The largest absolute Gasteiger partial charge is 0.0984 e. The minimum absolute atomic E-state index is 1.07. The zero-order valence-corrected chi connectivity index (χ0v) is 9.61. The third kappa shape index (κ3) is 2.06. The van der Waals surface area contributed by atoms with E-state index in [1.165, 1.54) is 22.3 Å². The summed E-state index contributed by atoms with van der Waals surface area (Å²) in [6.45, 7) is 6.04. The predicted octanol–water partition coefficient (Wildman–Crippen LogP) is 4.56. The summed E-state index contributed by atoms with van der Waals surface area (Å²) in [5.41, 5.74) is 5.09. The number of aryl methyl sites for hydroxylation is 1. The first-order valence-electron chi connectivity index (χ1n) is 5.66. The molecule has 0 saturated carbocycles. The van der Waals surface area contributed by atoms with Gasteiger partial charge >= 0.3 is 0 Å². The first-order chi connectivity index (χ1) is 7.85. The van der Waals surface area contributed by atoms with Crippen molar-refractivity contribution in [2.75, 3.05) is 0 Å². The molecule has 0 N–H and O–H groups in total. The van der Waals surface area contributed by atoms with E-state index in [4.69, 9.17) is 0 Å². The highest BCUT2D eigenvalue weighted by Gasteiger charge is 2.01. The Balaban J connectivity index is 2.53. The van der Waals surface area contributed by atoms with Crippen molar-refractivity contribution in [2.24, 2.45) is 0 Å². The average Bonchev–Trinajstić information content (AvgIpc) is 2.38. The summed E-state index contributed by atoms with van der Waals surface area (Å²) in [6, 6.07) is 17.1. The molecule has 0 radical (unpaired) electrons. The van der Waals surface area contributed by atoms with Gasteiger partial charge in [-0.25, -0.2) is 0 Å². The highest BCUT2D eigenvalue weighted by molar-refractivity contribution is 5.74. The summed E-state index contributed by atoms with van der Waals surface area (Å²) in [6.07, 6.45) is 2.98. The van der Waals surface area contributed by atoms with Crippen molar-refractivity contribution in [1.29, 1.82) is 0 Å². The van der Waals surface area contributed by atoms with Gasteiger partial charge in [0.2, 0.25) is 0 Å². The Bertz CT molecular complexity index is 495. The predicted molar refractivity (Wildman–Crippen MR) is 71.3 cm³/mol. The number of hydrogen-bond acceptors (Lipinski definition) is 0. The van der Waals surface area contributed by atoms with E-state index in [2.05, 4.69) is 56.0 Å². The second-order valence-electron chi connectivity index (χ2n) is 3.85. The molecule has 2 aromatic rings. The highest BCUT2D eigenvalue weighted by atomic mass is 14.1. The standard InChI is InChI=1S/C16H16/c1-3-13-8-7-10-15(12-13)16-11-6-5-9-14(16)4-2/h4-12H,2-3H2,1H3. The van der Waals surface area contributed by atoms with Crippen LogP contribution < -0.4 is 0 Å². The summed E-state index contributed by atoms with van der Waals surface area (Å²) in [4.78, 5) is 0. The Labute approximate surface area is 97.3 Å². The van der Waals surface area contributed by atoms with E-state index in [-0.39, 0.29) is 0 Å². The smallest absolute Gasteiger partial charge is 0.0112 e. The Morgan fingerprint density at radius 3 is 2.62 bits per heavy atom. The van der Waals surface area contributed by atoms with Crippen LogP contribution in [-0.4, -0.2) is 0 Å². The van der Waals surface area contributed by atoms with Gasteiger partial charge in [0.1, 0.15) is 0 Å². The molecule has 0 bridgehead atoms. The van der Waals surface area contributed by atoms with Gasteiger partial charge in [-0.2, -0.15) is 0 Å². The molecule has 0 nitrogen and oxygen atoms in total. The van der Waals surface area contributed by atoms with Crippen LogP contribution in [0.15, 0.2) is 55.1 Å². The molecule has 0 aliphatic rings. The fourth-order valence-electron chi connectivity index (χ4n) is 1.90. The van der Waals surface area contributed by atoms with Gasteiger partial charge < -0.3 is 0 Å². The molecule has 0 aliphatic heterocycles. The van der Waals surface area contributed by atoms with Crippen molar-refractivity contribution in [3.8, 4) is 11.1 Å². The maximum absolute atomic E-state index is 3.86. The van der Waals surface area contributed by atoms with Crippen LogP contribution in [0.3, 0.4) is 0 Å². The molecule has 0 unspecified atom stereocenters. The van der Waals surface area contributed by atoms with Crippen LogP contribution in [0.2, 0.25) is 0 Å². The van der Waals surface area contributed by atoms with Crippen LogP contribution in [-0.2, 0) is 6.42 Å². The average molecular weight is 208 g/mol. The highest BCUT2D eigenvalue weighted by Crippen LogP contribution is 2.25. The molecule has 0 heterocycles. The molecule has 0 atom stereocenters. The topological polar surface area (TPSA) is 0 Å². The second kappa shape index (κ2) is 4.80. The van der Waals surface area contributed by atoms with Crippen LogP contribution in [0, 0.1) is 0 Å². The minimum Gasteiger partial charge on any atom is -0.0984 e. The van der Waals surface area contributed by atoms with Crippen molar-refractivity contribution in [1.82, 2.24) is 0 Å². The summed E-state index contributed by atoms with van der Waals surface area (Å²) in [5, 5.41) is 0. The molecular weight excluding hydrogens is 192 g/mol. The zero-order valence-electron chi connectivity index (χ0n) is 9.61. The van der Waals surface area contributed by atoms with E-state index < -0.39 is 0 Å². The van der Waals surface area contributed by atoms with Crippen molar-refractivity contribution in [2.45, 2.75) is 13.3 Å². The molecule has 2 rings (SSSR count). The monoisotopic (exact) mass is 208 g/mol. The van der Waals surface area contributed by atoms with Gasteiger partial charge in [0, 0.05) is 0 Å². The van der Waals surface area contributed by atoms with Gasteiger partial charge in [0.05, 0.1) is 0 Å². The van der Waals surface area contributed by atoms with Gasteiger partial charge in [0.25, 0.3) is 0 Å². The van der Waals surface area contributed by atoms with E-state index in [0.29, 0.717) is 0 Å². The molecule has 0 spiro atoms. The molecule has 0 fully saturated rings. The number of hydrogen-bond donors (Lipinski definition) is 0. The van der Waals surface area contributed by atoms with E-state index in [0.717, 1.165) is 6.42 Å². The molecule has 0 aliphatic carbocycles. The Morgan fingerprint density at radius 1 is 1.06 bits per heavy atom. The maximum Gasteiger partial charge on any atom is -0.0112 e. The Kier molecular flexibility index (Phi) is 3.21. The molecule has 16 heavy (non-hydrogen) atoms. The lowest BCUT2D eigenvalue weighted by Crippen LogP contribution is -1.85. The molecular formula is C16H16. The van der Waals surface area contributed by atoms with E-state index in [1.54, 1.807) is 0 Å². The number of rotatable bonds is 3. The van der Waals surface area contributed by atoms with Gasteiger partial charge in [-0.1, -0.05) is 68.1 Å². The lowest BCUT2D eigenvalue weighted by molar-refractivity contribution is 1.14. The molecule has 2 aromatic carbocycles. The van der Waals surface area contributed by atoms with E-state index in [1.807, 2.05) is 12.1 Å². The Hall–Kier alpha value is -1.82.